The zero-order chi connectivity index (χ0) is 15.1. The molecule has 21 heavy (non-hydrogen) atoms. The van der Waals surface area contributed by atoms with Crippen LogP contribution in [-0.2, 0) is 6.42 Å². The van der Waals surface area contributed by atoms with Crippen molar-refractivity contribution in [1.82, 2.24) is 4.90 Å². The third-order valence-electron chi connectivity index (χ3n) is 3.82. The van der Waals surface area contributed by atoms with E-state index in [4.69, 9.17) is 9.47 Å². The summed E-state index contributed by atoms with van der Waals surface area (Å²) in [5, 5.41) is 0. The van der Waals surface area contributed by atoms with E-state index in [2.05, 4.69) is 47.6 Å². The fourth-order valence-corrected chi connectivity index (χ4v) is 5.10. The smallest absolute Gasteiger partial charge is 0.160 e. The van der Waals surface area contributed by atoms with E-state index in [9.17, 15) is 0 Å². The van der Waals surface area contributed by atoms with Crippen LogP contribution in [0.1, 0.15) is 5.56 Å². The molecule has 0 amide bonds. The van der Waals surface area contributed by atoms with E-state index in [0.29, 0.717) is 6.04 Å². The van der Waals surface area contributed by atoms with Crippen LogP contribution in [0.2, 0.25) is 0 Å². The highest BCUT2D eigenvalue weighted by atomic mass is 32.2. The summed E-state index contributed by atoms with van der Waals surface area (Å²) >= 11 is 4.17. The molecule has 1 aromatic carbocycles. The molecule has 2 rings (SSSR count). The number of methoxy groups -OCH3 is 2. The fourth-order valence-electron chi connectivity index (χ4n) is 2.38. The first-order valence-electron chi connectivity index (χ1n) is 7.31. The van der Waals surface area contributed by atoms with Gasteiger partial charge in [-0.25, -0.2) is 0 Å². The zero-order valence-corrected chi connectivity index (χ0v) is 14.8. The van der Waals surface area contributed by atoms with Crippen molar-refractivity contribution in [3.05, 3.63) is 23.8 Å². The maximum absolute atomic E-state index is 5.37. The number of benzene rings is 1. The van der Waals surface area contributed by atoms with Gasteiger partial charge in [0.15, 0.2) is 11.5 Å². The highest BCUT2D eigenvalue weighted by molar-refractivity contribution is 8.03. The first kappa shape index (κ1) is 16.8. The largest absolute Gasteiger partial charge is 0.493 e. The summed E-state index contributed by atoms with van der Waals surface area (Å²) in [4.78, 5) is 2.50. The molecule has 1 aliphatic heterocycles. The number of hydrogen-bond acceptors (Lipinski definition) is 5. The SMILES string of the molecule is COc1ccc(CCN(C)C2CSCCSC2)cc1OC. The van der Waals surface area contributed by atoms with Crippen LogP contribution in [0.4, 0.5) is 0 Å². The molecule has 1 aliphatic rings. The molecular formula is C16H25NO2S2. The summed E-state index contributed by atoms with van der Waals surface area (Å²) in [6, 6.07) is 6.91. The molecule has 118 valence electrons. The topological polar surface area (TPSA) is 21.7 Å². The minimum atomic E-state index is 0.697. The van der Waals surface area contributed by atoms with Gasteiger partial charge in [0.2, 0.25) is 0 Å². The lowest BCUT2D eigenvalue weighted by atomic mass is 10.1. The van der Waals surface area contributed by atoms with Gasteiger partial charge in [-0.2, -0.15) is 23.5 Å². The van der Waals surface area contributed by atoms with Crippen molar-refractivity contribution < 1.29 is 9.47 Å². The Labute approximate surface area is 136 Å². The Morgan fingerprint density at radius 3 is 2.38 bits per heavy atom. The first-order valence-corrected chi connectivity index (χ1v) is 9.62. The second kappa shape index (κ2) is 8.81. The molecule has 1 saturated heterocycles. The van der Waals surface area contributed by atoms with Crippen molar-refractivity contribution in [1.29, 1.82) is 0 Å². The number of hydrogen-bond donors (Lipinski definition) is 0. The van der Waals surface area contributed by atoms with Gasteiger partial charge in [-0.15, -0.1) is 0 Å². The van der Waals surface area contributed by atoms with Crippen molar-refractivity contribution in [2.45, 2.75) is 12.5 Å². The van der Waals surface area contributed by atoms with Gasteiger partial charge in [0.05, 0.1) is 14.2 Å². The van der Waals surface area contributed by atoms with Crippen LogP contribution >= 0.6 is 23.5 Å². The Balaban J connectivity index is 1.89. The molecule has 0 spiro atoms. The molecule has 1 heterocycles. The number of ether oxygens (including phenoxy) is 2. The Kier molecular flexibility index (Phi) is 7.07. The molecule has 0 aliphatic carbocycles. The molecule has 0 saturated carbocycles. The van der Waals surface area contributed by atoms with Crippen LogP contribution < -0.4 is 9.47 Å². The maximum Gasteiger partial charge on any atom is 0.160 e. The van der Waals surface area contributed by atoms with E-state index in [-0.39, 0.29) is 0 Å². The second-order valence-corrected chi connectivity index (χ2v) is 7.52. The molecule has 3 nitrogen and oxygen atoms in total. The van der Waals surface area contributed by atoms with Crippen molar-refractivity contribution in [2.75, 3.05) is 50.8 Å². The minimum absolute atomic E-state index is 0.697. The van der Waals surface area contributed by atoms with Gasteiger partial charge in [0.25, 0.3) is 0 Å². The molecular weight excluding hydrogens is 302 g/mol. The summed E-state index contributed by atoms with van der Waals surface area (Å²) in [5.41, 5.74) is 1.30. The van der Waals surface area contributed by atoms with Gasteiger partial charge in [-0.3, -0.25) is 0 Å². The molecule has 1 aromatic rings. The normalized spacial score (nSPS) is 16.8. The average Bonchev–Trinajstić information content (AvgIpc) is 2.81. The van der Waals surface area contributed by atoms with Crippen LogP contribution in [0.25, 0.3) is 0 Å². The van der Waals surface area contributed by atoms with Crippen LogP contribution in [0, 0.1) is 0 Å². The molecule has 0 atom stereocenters. The van der Waals surface area contributed by atoms with Crippen LogP contribution in [-0.4, -0.2) is 61.8 Å². The van der Waals surface area contributed by atoms with Crippen LogP contribution in [0.5, 0.6) is 11.5 Å². The minimum Gasteiger partial charge on any atom is -0.493 e. The number of thioether (sulfide) groups is 2. The van der Waals surface area contributed by atoms with E-state index in [1.54, 1.807) is 14.2 Å². The lowest BCUT2D eigenvalue weighted by molar-refractivity contribution is 0.285. The lowest BCUT2D eigenvalue weighted by Crippen LogP contribution is -2.36. The van der Waals surface area contributed by atoms with E-state index in [1.807, 2.05) is 6.07 Å². The molecule has 0 N–H and O–H groups in total. The molecule has 0 radical (unpaired) electrons. The quantitative estimate of drug-likeness (QED) is 0.798. The van der Waals surface area contributed by atoms with E-state index in [0.717, 1.165) is 24.5 Å². The first-order chi connectivity index (χ1) is 10.2. The summed E-state index contributed by atoms with van der Waals surface area (Å²) in [7, 11) is 5.61. The van der Waals surface area contributed by atoms with Gasteiger partial charge in [0, 0.05) is 35.6 Å². The van der Waals surface area contributed by atoms with Gasteiger partial charge >= 0.3 is 0 Å². The summed E-state index contributed by atoms with van der Waals surface area (Å²) in [6.07, 6.45) is 1.04. The van der Waals surface area contributed by atoms with Crippen molar-refractivity contribution >= 4 is 23.5 Å². The van der Waals surface area contributed by atoms with Gasteiger partial charge in [-0.1, -0.05) is 6.07 Å². The van der Waals surface area contributed by atoms with Crippen molar-refractivity contribution in [2.24, 2.45) is 0 Å². The zero-order valence-electron chi connectivity index (χ0n) is 13.1. The standard InChI is InChI=1S/C16H25NO2S2/c1-17(14-11-20-8-9-21-12-14)7-6-13-4-5-15(18-2)16(10-13)19-3/h4-5,10,14H,6-9,11-12H2,1-3H3. The summed E-state index contributed by atoms with van der Waals surface area (Å²) in [6.45, 7) is 1.08. The third kappa shape index (κ3) is 5.01. The Morgan fingerprint density at radius 2 is 1.76 bits per heavy atom. The van der Waals surface area contributed by atoms with Crippen molar-refractivity contribution in [3.8, 4) is 11.5 Å². The van der Waals surface area contributed by atoms with Gasteiger partial charge < -0.3 is 14.4 Å². The Hall–Kier alpha value is -0.520. The molecule has 1 fully saturated rings. The second-order valence-electron chi connectivity index (χ2n) is 5.22. The molecule has 0 aromatic heterocycles. The molecule has 0 bridgehead atoms. The predicted molar refractivity (Wildman–Crippen MR) is 94.3 cm³/mol. The highest BCUT2D eigenvalue weighted by Gasteiger charge is 2.17. The van der Waals surface area contributed by atoms with Gasteiger partial charge in [-0.05, 0) is 31.2 Å². The number of nitrogens with zero attached hydrogens (tertiary/aromatic N) is 1. The van der Waals surface area contributed by atoms with Crippen LogP contribution in [0.3, 0.4) is 0 Å². The van der Waals surface area contributed by atoms with Crippen LogP contribution in [0.15, 0.2) is 18.2 Å². The Morgan fingerprint density at radius 1 is 1.10 bits per heavy atom. The van der Waals surface area contributed by atoms with E-state index in [1.165, 1.54) is 28.6 Å². The van der Waals surface area contributed by atoms with Crippen molar-refractivity contribution in [3.63, 3.8) is 0 Å². The van der Waals surface area contributed by atoms with Gasteiger partial charge in [0.1, 0.15) is 0 Å². The molecule has 0 unspecified atom stereocenters. The number of rotatable bonds is 6. The lowest BCUT2D eigenvalue weighted by Gasteiger charge is -2.26. The summed E-state index contributed by atoms with van der Waals surface area (Å²) in [5.74, 6) is 6.73. The van der Waals surface area contributed by atoms with E-state index < -0.39 is 0 Å². The molecule has 5 heteroatoms. The monoisotopic (exact) mass is 327 g/mol. The third-order valence-corrected chi connectivity index (χ3v) is 6.30. The summed E-state index contributed by atoms with van der Waals surface area (Å²) < 4.78 is 10.7. The Bertz CT molecular complexity index is 434. The predicted octanol–water partition coefficient (Wildman–Crippen LogP) is 3.03. The fraction of sp³-hybridized carbons (Fsp3) is 0.625. The van der Waals surface area contributed by atoms with E-state index >= 15 is 0 Å². The average molecular weight is 328 g/mol. The maximum atomic E-state index is 5.37. The highest BCUT2D eigenvalue weighted by Crippen LogP contribution is 2.28. The number of likely N-dealkylation sites (N-methyl/N-ethyl adjacent to an activating group) is 1.